The summed E-state index contributed by atoms with van der Waals surface area (Å²) in [5.41, 5.74) is 0.408. The van der Waals surface area contributed by atoms with E-state index in [0.717, 1.165) is 0 Å². The molecule has 0 spiro atoms. The van der Waals surface area contributed by atoms with Crippen molar-refractivity contribution in [2.45, 2.75) is 27.2 Å². The summed E-state index contributed by atoms with van der Waals surface area (Å²) in [5, 5.41) is 3.79. The van der Waals surface area contributed by atoms with Crippen molar-refractivity contribution < 1.29 is 27.4 Å². The van der Waals surface area contributed by atoms with Gasteiger partial charge in [-0.2, -0.15) is 0 Å². The number of methoxy groups -OCH3 is 2. The lowest BCUT2D eigenvalue weighted by Gasteiger charge is -2.19. The standard InChI is InChI=1S/C27H36N4O6S/c1-8-12-14-21(10-3)38(32,33)31-27-26(29-22(13-9-2)19(5)28-27)30-23-17-20(34-6)18-24(35-7)25(23)37-16-15-36-11-4/h9-10,12-14,17-18H,2,5,8,11,15-16H2,1,3-4,6-7H3,(H,28,31)(H,29,30)/b14-12-,21-10+,22-13+. The van der Waals surface area contributed by atoms with Crippen molar-refractivity contribution >= 4 is 40.0 Å². The Morgan fingerprint density at radius 1 is 1.11 bits per heavy atom. The molecule has 0 bridgehead atoms. The first kappa shape index (κ1) is 30.4. The van der Waals surface area contributed by atoms with E-state index in [0.29, 0.717) is 47.9 Å². The summed E-state index contributed by atoms with van der Waals surface area (Å²) in [6.07, 6.45) is 8.62. The number of nitrogens with zero attached hydrogens (tertiary/aromatic N) is 2. The number of benzene rings is 1. The zero-order valence-electron chi connectivity index (χ0n) is 22.5. The van der Waals surface area contributed by atoms with Crippen molar-refractivity contribution in [2.75, 3.05) is 44.1 Å². The zero-order valence-corrected chi connectivity index (χ0v) is 23.4. The Morgan fingerprint density at radius 2 is 1.87 bits per heavy atom. The van der Waals surface area contributed by atoms with Crippen LogP contribution in [0.3, 0.4) is 0 Å². The number of nitrogens with one attached hydrogen (secondary N) is 2. The quantitative estimate of drug-likeness (QED) is 0.256. The first-order valence-corrected chi connectivity index (χ1v) is 13.5. The van der Waals surface area contributed by atoms with Crippen molar-refractivity contribution in [2.24, 2.45) is 0 Å². The Labute approximate surface area is 224 Å². The van der Waals surface area contributed by atoms with Crippen molar-refractivity contribution in [3.05, 3.63) is 58.6 Å². The molecule has 2 rings (SSSR count). The van der Waals surface area contributed by atoms with Gasteiger partial charge in [0.25, 0.3) is 10.0 Å². The molecular weight excluding hydrogens is 508 g/mol. The van der Waals surface area contributed by atoms with Gasteiger partial charge in [0.05, 0.1) is 42.1 Å². The van der Waals surface area contributed by atoms with E-state index in [1.165, 1.54) is 32.4 Å². The van der Waals surface area contributed by atoms with Crippen LogP contribution >= 0.6 is 0 Å². The van der Waals surface area contributed by atoms with E-state index < -0.39 is 10.0 Å². The molecule has 0 aliphatic heterocycles. The van der Waals surface area contributed by atoms with Crippen molar-refractivity contribution in [3.8, 4) is 17.2 Å². The Bertz CT molecular complexity index is 1390. The van der Waals surface area contributed by atoms with Gasteiger partial charge in [0.1, 0.15) is 12.4 Å². The van der Waals surface area contributed by atoms with Crippen LogP contribution in [0.15, 0.2) is 47.9 Å². The first-order chi connectivity index (χ1) is 18.2. The highest BCUT2D eigenvalue weighted by molar-refractivity contribution is 7.96. The summed E-state index contributed by atoms with van der Waals surface area (Å²) in [7, 11) is -0.961. The van der Waals surface area contributed by atoms with Gasteiger partial charge in [-0.05, 0) is 32.4 Å². The minimum absolute atomic E-state index is 0.0532. The maximum Gasteiger partial charge on any atom is 0.262 e. The smallest absolute Gasteiger partial charge is 0.262 e. The van der Waals surface area contributed by atoms with Crippen LogP contribution in [0.2, 0.25) is 0 Å². The molecule has 2 N–H and O–H groups in total. The van der Waals surface area contributed by atoms with Gasteiger partial charge < -0.3 is 24.3 Å². The molecule has 11 heteroatoms. The monoisotopic (exact) mass is 544 g/mol. The van der Waals surface area contributed by atoms with E-state index in [-0.39, 0.29) is 28.5 Å². The lowest BCUT2D eigenvalue weighted by molar-refractivity contribution is 0.109. The van der Waals surface area contributed by atoms with Crippen LogP contribution in [-0.4, -0.2) is 52.4 Å². The number of sulfonamides is 1. The van der Waals surface area contributed by atoms with Crippen molar-refractivity contribution in [1.82, 2.24) is 9.97 Å². The molecule has 0 aliphatic carbocycles. The Balaban J connectivity index is 2.68. The molecule has 38 heavy (non-hydrogen) atoms. The van der Waals surface area contributed by atoms with Crippen LogP contribution in [0, 0.1) is 0 Å². The van der Waals surface area contributed by atoms with Gasteiger partial charge in [-0.1, -0.05) is 38.3 Å². The van der Waals surface area contributed by atoms with Gasteiger partial charge >= 0.3 is 0 Å². The first-order valence-electron chi connectivity index (χ1n) is 12.0. The molecule has 1 aromatic heterocycles. The van der Waals surface area contributed by atoms with E-state index >= 15 is 0 Å². The van der Waals surface area contributed by atoms with Crippen LogP contribution in [-0.2, 0) is 14.8 Å². The van der Waals surface area contributed by atoms with Gasteiger partial charge in [-0.3, -0.25) is 4.72 Å². The fraction of sp³-hybridized carbons (Fsp3) is 0.333. The molecule has 0 saturated heterocycles. The van der Waals surface area contributed by atoms with Crippen LogP contribution < -0.4 is 34.9 Å². The fourth-order valence-electron chi connectivity index (χ4n) is 3.21. The Hall–Kier alpha value is -3.83. The van der Waals surface area contributed by atoms with Gasteiger partial charge in [-0.25, -0.2) is 18.4 Å². The molecule has 1 aromatic carbocycles. The van der Waals surface area contributed by atoms with Crippen LogP contribution in [0.1, 0.15) is 27.2 Å². The summed E-state index contributed by atoms with van der Waals surface area (Å²) < 4.78 is 51.2. The topological polar surface area (TPSA) is 121 Å². The lowest BCUT2D eigenvalue weighted by atomic mass is 10.2. The van der Waals surface area contributed by atoms with Gasteiger partial charge in [0.15, 0.2) is 23.1 Å². The molecule has 1 heterocycles. The largest absolute Gasteiger partial charge is 0.497 e. The molecular formula is C27H36N4O6S. The van der Waals surface area contributed by atoms with Crippen LogP contribution in [0.25, 0.3) is 12.7 Å². The number of rotatable bonds is 15. The molecule has 0 unspecified atom stereocenters. The highest BCUT2D eigenvalue weighted by Crippen LogP contribution is 2.41. The highest BCUT2D eigenvalue weighted by Gasteiger charge is 2.21. The maximum atomic E-state index is 13.2. The van der Waals surface area contributed by atoms with E-state index in [9.17, 15) is 8.42 Å². The van der Waals surface area contributed by atoms with Gasteiger partial charge in [0, 0.05) is 18.7 Å². The number of ether oxygens (including phenoxy) is 4. The lowest BCUT2D eigenvalue weighted by Crippen LogP contribution is -2.32. The second kappa shape index (κ2) is 14.8. The van der Waals surface area contributed by atoms with E-state index in [2.05, 4.69) is 33.2 Å². The third kappa shape index (κ3) is 8.09. The highest BCUT2D eigenvalue weighted by atomic mass is 32.2. The number of allylic oxidation sites excluding steroid dienone is 4. The molecule has 0 atom stereocenters. The number of anilines is 3. The average molecular weight is 545 g/mol. The van der Waals surface area contributed by atoms with E-state index in [1.54, 1.807) is 31.2 Å². The molecule has 0 radical (unpaired) electrons. The number of hydrogen-bond acceptors (Lipinski definition) is 9. The van der Waals surface area contributed by atoms with Crippen molar-refractivity contribution in [1.29, 1.82) is 0 Å². The second-order valence-electron chi connectivity index (χ2n) is 7.64. The zero-order chi connectivity index (χ0) is 28.1. The average Bonchev–Trinajstić information content (AvgIpc) is 2.89. The summed E-state index contributed by atoms with van der Waals surface area (Å²) in [6.45, 7) is 14.2. The Morgan fingerprint density at radius 3 is 2.47 bits per heavy atom. The fourth-order valence-corrected chi connectivity index (χ4v) is 4.31. The normalized spacial score (nSPS) is 12.4. The second-order valence-corrected chi connectivity index (χ2v) is 9.32. The molecule has 2 aromatic rings. The summed E-state index contributed by atoms with van der Waals surface area (Å²) in [4.78, 5) is 9.04. The molecule has 206 valence electrons. The summed E-state index contributed by atoms with van der Waals surface area (Å²) >= 11 is 0. The Kier molecular flexibility index (Phi) is 11.8. The predicted octanol–water partition coefficient (Wildman–Crippen LogP) is 3.64. The summed E-state index contributed by atoms with van der Waals surface area (Å²) in [6, 6.07) is 3.35. The van der Waals surface area contributed by atoms with E-state index in [1.807, 2.05) is 13.8 Å². The maximum absolute atomic E-state index is 13.2. The van der Waals surface area contributed by atoms with E-state index in [4.69, 9.17) is 18.9 Å². The van der Waals surface area contributed by atoms with Crippen LogP contribution in [0.4, 0.5) is 17.3 Å². The van der Waals surface area contributed by atoms with Gasteiger partial charge in [0.2, 0.25) is 0 Å². The molecule has 0 aliphatic rings. The van der Waals surface area contributed by atoms with Gasteiger partial charge in [-0.15, -0.1) is 0 Å². The SMILES string of the molecule is C=C/C=c1/nc(Nc2cc(OC)cc(OC)c2OCCOCC)c(NS(=O)(=O)C(/C=C\CC)=C/C)nc1=C. The minimum Gasteiger partial charge on any atom is -0.497 e. The molecule has 10 nitrogen and oxygen atoms in total. The summed E-state index contributed by atoms with van der Waals surface area (Å²) in [5.74, 6) is 1.28. The van der Waals surface area contributed by atoms with Crippen LogP contribution in [0.5, 0.6) is 17.2 Å². The number of hydrogen-bond donors (Lipinski definition) is 2. The molecule has 0 saturated carbocycles. The van der Waals surface area contributed by atoms with Crippen molar-refractivity contribution in [3.63, 3.8) is 0 Å². The third-order valence-corrected chi connectivity index (χ3v) is 6.49. The predicted molar refractivity (Wildman–Crippen MR) is 152 cm³/mol. The molecule has 0 fully saturated rings. The molecule has 0 amide bonds. The number of aromatic nitrogens is 2. The third-order valence-electron chi connectivity index (χ3n) is 5.03. The minimum atomic E-state index is -3.98.